The number of anilines is 1. The number of nitrogens with one attached hydrogen (secondary N) is 1. The zero-order valence-corrected chi connectivity index (χ0v) is 24.0. The molecule has 0 aliphatic heterocycles. The first-order chi connectivity index (χ1) is 18.5. The van der Waals surface area contributed by atoms with Crippen LogP contribution in [0.15, 0.2) is 140 Å². The van der Waals surface area contributed by atoms with E-state index in [0.717, 1.165) is 0 Å². The molecule has 0 aliphatic carbocycles. The van der Waals surface area contributed by atoms with Gasteiger partial charge in [-0.2, -0.15) is 0 Å². The summed E-state index contributed by atoms with van der Waals surface area (Å²) in [4.78, 5) is 23.1. The summed E-state index contributed by atoms with van der Waals surface area (Å²) < 4.78 is 4.59. The second-order valence-electron chi connectivity index (χ2n) is 8.29. The second-order valence-corrected chi connectivity index (χ2v) is 15.8. The number of benzene rings is 5. The predicted octanol–water partition coefficient (Wildman–Crippen LogP) is 5.49. The summed E-state index contributed by atoms with van der Waals surface area (Å²) in [5.41, 5.74) is 0.578. The van der Waals surface area contributed by atoms with E-state index in [9.17, 15) is 9.59 Å². The summed E-state index contributed by atoms with van der Waals surface area (Å²) >= 11 is 3.83. The maximum absolute atomic E-state index is 12.0. The van der Waals surface area contributed by atoms with Gasteiger partial charge in [0.05, 0.1) is 11.1 Å². The molecule has 4 nitrogen and oxygen atoms in total. The molecule has 5 aromatic carbocycles. The van der Waals surface area contributed by atoms with Crippen LogP contribution in [0.4, 0.5) is 5.69 Å². The van der Waals surface area contributed by atoms with Gasteiger partial charge in [-0.3, -0.25) is 4.79 Å². The third-order valence-electron chi connectivity index (χ3n) is 5.67. The number of amides is 1. The number of hydrogen-bond donors (Lipinski definition) is 2. The molecule has 0 aromatic heterocycles. The van der Waals surface area contributed by atoms with Gasteiger partial charge >= 0.3 is 127 Å². The van der Waals surface area contributed by atoms with Crippen molar-refractivity contribution in [2.24, 2.45) is 0 Å². The van der Waals surface area contributed by atoms with Crippen LogP contribution in [0.2, 0.25) is 5.02 Å². The monoisotopic (exact) mass is 626 g/mol. The van der Waals surface area contributed by atoms with Gasteiger partial charge in [-0.25, -0.2) is 4.79 Å². The molecule has 0 aliphatic rings. The molecule has 0 spiro atoms. The molecular weight excluding hydrogens is 601 g/mol. The summed E-state index contributed by atoms with van der Waals surface area (Å²) in [6.07, 6.45) is 0. The molecule has 187 valence electrons. The summed E-state index contributed by atoms with van der Waals surface area (Å²) in [6, 6.07) is 45.6. The average Bonchev–Trinajstić information content (AvgIpc) is 2.95. The molecule has 5 rings (SSSR count). The van der Waals surface area contributed by atoms with E-state index in [1.165, 1.54) is 22.9 Å². The van der Waals surface area contributed by atoms with E-state index in [1.807, 2.05) is 0 Å². The molecule has 1 radical (unpaired) electrons. The first-order valence-electron chi connectivity index (χ1n) is 12.0. The van der Waals surface area contributed by atoms with E-state index in [0.29, 0.717) is 10.7 Å². The zero-order valence-electron chi connectivity index (χ0n) is 20.4. The molecule has 38 heavy (non-hydrogen) atoms. The van der Waals surface area contributed by atoms with Gasteiger partial charge in [-0.05, 0) is 30.3 Å². The number of carboxylic acid groups (broad SMARTS) is 1. The summed E-state index contributed by atoms with van der Waals surface area (Å²) in [6.45, 7) is 0. The number of halogens is 1. The van der Waals surface area contributed by atoms with Gasteiger partial charge in [0.1, 0.15) is 0 Å². The van der Waals surface area contributed by atoms with Crippen LogP contribution >= 0.6 is 11.6 Å². The molecule has 0 unspecified atom stereocenters. The SMILES string of the molecule is O=C(O)c1ccccc1C(=O)Nc1cccc(Cl)c1.c1cc[c]([Sn]([c]2ccccc2)[c]2ccccc2)cc1. The Morgan fingerprint density at radius 2 is 1.03 bits per heavy atom. The number of rotatable bonds is 6. The Kier molecular flexibility index (Phi) is 9.73. The number of carbonyl (C=O) groups excluding carboxylic acids is 1. The molecule has 0 saturated carbocycles. The van der Waals surface area contributed by atoms with Crippen molar-refractivity contribution in [2.45, 2.75) is 0 Å². The van der Waals surface area contributed by atoms with E-state index >= 15 is 0 Å². The minimum absolute atomic E-state index is 0.0398. The Morgan fingerprint density at radius 3 is 1.47 bits per heavy atom. The number of hydrogen-bond acceptors (Lipinski definition) is 2. The van der Waals surface area contributed by atoms with E-state index in [-0.39, 0.29) is 11.1 Å². The Morgan fingerprint density at radius 1 is 0.579 bits per heavy atom. The van der Waals surface area contributed by atoms with Gasteiger partial charge in [0.2, 0.25) is 0 Å². The fraction of sp³-hybridized carbons (Fsp3) is 0. The van der Waals surface area contributed by atoms with Gasteiger partial charge < -0.3 is 10.4 Å². The molecular formula is C32H25ClNO3Sn. The molecule has 0 bridgehead atoms. The average molecular weight is 626 g/mol. The molecule has 0 fully saturated rings. The Balaban J connectivity index is 0.000000177. The summed E-state index contributed by atoms with van der Waals surface area (Å²) in [5, 5.41) is 12.1. The zero-order chi connectivity index (χ0) is 26.7. The Hall–Kier alpha value is -3.87. The van der Waals surface area contributed by atoms with Gasteiger partial charge in [-0.1, -0.05) is 29.8 Å². The molecule has 6 heteroatoms. The van der Waals surface area contributed by atoms with Crippen LogP contribution in [0.5, 0.6) is 0 Å². The van der Waals surface area contributed by atoms with Crippen LogP contribution in [0.1, 0.15) is 20.7 Å². The summed E-state index contributed by atoms with van der Waals surface area (Å²) in [5.74, 6) is -1.63. The van der Waals surface area contributed by atoms with E-state index < -0.39 is 31.6 Å². The number of carbonyl (C=O) groups is 2. The second kappa shape index (κ2) is 13.6. The van der Waals surface area contributed by atoms with Crippen LogP contribution < -0.4 is 16.1 Å². The van der Waals surface area contributed by atoms with Crippen molar-refractivity contribution in [3.8, 4) is 0 Å². The fourth-order valence-electron chi connectivity index (χ4n) is 3.95. The standard InChI is InChI=1S/C14H10ClNO3.3C6H5.Sn/c15-9-4-3-5-10(8-9)16-13(17)11-6-1-2-7-12(11)14(18)19;3*1-2-4-6-5-3-1;/h1-8H,(H,16,17)(H,18,19);3*1-5H;. The Bertz CT molecular complexity index is 1400. The van der Waals surface area contributed by atoms with Crippen molar-refractivity contribution >= 4 is 59.7 Å². The van der Waals surface area contributed by atoms with Crippen molar-refractivity contribution in [1.82, 2.24) is 0 Å². The first-order valence-corrected chi connectivity index (χ1v) is 16.6. The van der Waals surface area contributed by atoms with Gasteiger partial charge in [-0.15, -0.1) is 0 Å². The molecule has 5 aromatic rings. The third kappa shape index (κ3) is 7.34. The molecule has 0 saturated heterocycles. The van der Waals surface area contributed by atoms with Gasteiger partial charge in [0.15, 0.2) is 0 Å². The van der Waals surface area contributed by atoms with Crippen molar-refractivity contribution < 1.29 is 14.7 Å². The van der Waals surface area contributed by atoms with Crippen molar-refractivity contribution in [2.75, 3.05) is 5.32 Å². The summed E-state index contributed by atoms with van der Waals surface area (Å²) in [7, 11) is 0. The number of aromatic carboxylic acids is 1. The normalized spacial score (nSPS) is 10.3. The van der Waals surface area contributed by atoms with Crippen LogP contribution in [0.3, 0.4) is 0 Å². The topological polar surface area (TPSA) is 66.4 Å². The predicted molar refractivity (Wildman–Crippen MR) is 157 cm³/mol. The van der Waals surface area contributed by atoms with Gasteiger partial charge in [0, 0.05) is 10.7 Å². The molecule has 0 atom stereocenters. The molecule has 2 N–H and O–H groups in total. The van der Waals surface area contributed by atoms with Crippen molar-refractivity contribution in [1.29, 1.82) is 0 Å². The Labute approximate surface area is 234 Å². The van der Waals surface area contributed by atoms with Crippen LogP contribution in [0.25, 0.3) is 0 Å². The van der Waals surface area contributed by atoms with Crippen molar-refractivity contribution in [3.05, 3.63) is 156 Å². The number of carboxylic acids is 1. The third-order valence-corrected chi connectivity index (χ3v) is 13.7. The molecule has 1 amide bonds. The minimum atomic E-state index is -1.98. The first kappa shape index (κ1) is 27.2. The molecule has 0 heterocycles. The van der Waals surface area contributed by atoms with Gasteiger partial charge in [0.25, 0.3) is 5.91 Å². The van der Waals surface area contributed by atoms with Crippen molar-refractivity contribution in [3.63, 3.8) is 0 Å². The van der Waals surface area contributed by atoms with E-state index in [4.69, 9.17) is 16.7 Å². The van der Waals surface area contributed by atoms with E-state index in [2.05, 4.69) is 96.3 Å². The van der Waals surface area contributed by atoms with Crippen LogP contribution in [-0.4, -0.2) is 36.7 Å². The maximum atomic E-state index is 12.0. The fourth-order valence-corrected chi connectivity index (χ4v) is 11.5. The van der Waals surface area contributed by atoms with E-state index in [1.54, 1.807) is 36.4 Å². The quantitative estimate of drug-likeness (QED) is 0.245. The van der Waals surface area contributed by atoms with Crippen LogP contribution in [0, 0.1) is 0 Å². The van der Waals surface area contributed by atoms with Crippen LogP contribution in [-0.2, 0) is 0 Å².